The third-order valence-corrected chi connectivity index (χ3v) is 7.86. The molecule has 0 aliphatic carbocycles. The third-order valence-electron chi connectivity index (χ3n) is 6.16. The van der Waals surface area contributed by atoms with Gasteiger partial charge < -0.3 is 14.5 Å². The number of nitrogens with zero attached hydrogens (tertiary/aromatic N) is 8. The Bertz CT molecular complexity index is 1570. The Balaban J connectivity index is 1.35. The van der Waals surface area contributed by atoms with Crippen LogP contribution >= 0.6 is 11.6 Å². The van der Waals surface area contributed by atoms with Crippen LogP contribution in [0.25, 0.3) is 17.1 Å². The summed E-state index contributed by atoms with van der Waals surface area (Å²) in [5.74, 6) is 0.0354. The Kier molecular flexibility index (Phi) is 7.39. The molecule has 0 bridgehead atoms. The van der Waals surface area contributed by atoms with Gasteiger partial charge in [-0.15, -0.1) is 0 Å². The van der Waals surface area contributed by atoms with Crippen molar-refractivity contribution in [2.75, 3.05) is 18.4 Å². The number of anilines is 1. The van der Waals surface area contributed by atoms with Gasteiger partial charge in [-0.2, -0.15) is 18.4 Å². The highest BCUT2D eigenvalue weighted by atomic mass is 35.5. The van der Waals surface area contributed by atoms with E-state index in [2.05, 4.69) is 25.3 Å². The molecule has 0 radical (unpaired) electrons. The van der Waals surface area contributed by atoms with E-state index in [4.69, 9.17) is 16.9 Å². The molecule has 5 rings (SSSR count). The lowest BCUT2D eigenvalue weighted by molar-refractivity contribution is -0.137. The third kappa shape index (κ3) is 5.80. The zero-order valence-corrected chi connectivity index (χ0v) is 22.0. The number of alkyl halides is 3. The molecule has 1 unspecified atom stereocenters. The molecule has 4 aromatic rings. The Labute approximate surface area is 228 Å². The van der Waals surface area contributed by atoms with Crippen LogP contribution in [0.15, 0.2) is 54.5 Å². The van der Waals surface area contributed by atoms with E-state index in [1.165, 1.54) is 23.2 Å². The van der Waals surface area contributed by atoms with Crippen molar-refractivity contribution in [3.8, 4) is 23.1 Å². The van der Waals surface area contributed by atoms with E-state index in [0.29, 0.717) is 42.2 Å². The first kappa shape index (κ1) is 26.8. The van der Waals surface area contributed by atoms with E-state index in [1.807, 2.05) is 6.07 Å². The lowest BCUT2D eigenvalue weighted by Crippen LogP contribution is -2.40. The zero-order valence-electron chi connectivity index (χ0n) is 20.4. The number of rotatable bonds is 6. The highest BCUT2D eigenvalue weighted by Gasteiger charge is 2.36. The number of halogens is 4. The molecule has 1 aliphatic heterocycles. The van der Waals surface area contributed by atoms with E-state index >= 15 is 0 Å². The predicted molar refractivity (Wildman–Crippen MR) is 137 cm³/mol. The number of nitriles is 1. The first-order valence-corrected chi connectivity index (χ1v) is 13.2. The maximum Gasteiger partial charge on any atom is 0.420 e. The van der Waals surface area contributed by atoms with Gasteiger partial charge in [0.15, 0.2) is 5.03 Å². The first-order chi connectivity index (χ1) is 18.6. The molecule has 1 aliphatic rings. The Morgan fingerprint density at radius 2 is 1.92 bits per heavy atom. The van der Waals surface area contributed by atoms with E-state index < -0.39 is 22.7 Å². The quantitative estimate of drug-likeness (QED) is 0.366. The number of imidazole rings is 2. The molecule has 1 saturated heterocycles. The molecule has 0 spiro atoms. The van der Waals surface area contributed by atoms with Gasteiger partial charge in [-0.25, -0.2) is 28.5 Å². The zero-order chi connectivity index (χ0) is 27.7. The second-order valence-electron chi connectivity index (χ2n) is 8.87. The van der Waals surface area contributed by atoms with Gasteiger partial charge in [-0.1, -0.05) is 11.6 Å². The van der Waals surface area contributed by atoms with Crippen LogP contribution in [0.1, 0.15) is 24.0 Å². The first-order valence-electron chi connectivity index (χ1n) is 11.7. The number of hydrogen-bond donors (Lipinski definition) is 1. The summed E-state index contributed by atoms with van der Waals surface area (Å²) in [6.07, 6.45) is 3.22. The topological polar surface area (TPSA) is 118 Å². The van der Waals surface area contributed by atoms with Gasteiger partial charge in [-0.3, -0.25) is 0 Å². The molecule has 1 fully saturated rings. The summed E-state index contributed by atoms with van der Waals surface area (Å²) in [5, 5.41) is 12.9. The summed E-state index contributed by atoms with van der Waals surface area (Å²) in [6.45, 7) is 1.01. The van der Waals surface area contributed by atoms with Crippen LogP contribution in [0.4, 0.5) is 19.1 Å². The summed E-state index contributed by atoms with van der Waals surface area (Å²) < 4.78 is 59.2. The molecule has 39 heavy (non-hydrogen) atoms. The van der Waals surface area contributed by atoms with Crippen molar-refractivity contribution in [3.05, 3.63) is 65.6 Å². The minimum Gasteiger partial charge on any atom is -0.351 e. The van der Waals surface area contributed by atoms with Gasteiger partial charge >= 0.3 is 6.18 Å². The predicted octanol–water partition coefficient (Wildman–Crippen LogP) is 4.21. The minimum atomic E-state index is -4.70. The van der Waals surface area contributed by atoms with E-state index in [9.17, 15) is 17.4 Å². The average molecular weight is 576 g/mol. The van der Waals surface area contributed by atoms with Crippen LogP contribution in [0.3, 0.4) is 0 Å². The van der Waals surface area contributed by atoms with Gasteiger partial charge in [0.1, 0.15) is 34.3 Å². The number of aromatic nitrogens is 6. The monoisotopic (exact) mass is 575 g/mol. The van der Waals surface area contributed by atoms with E-state index in [1.54, 1.807) is 40.6 Å². The fourth-order valence-electron chi connectivity index (χ4n) is 4.18. The molecule has 3 aromatic heterocycles. The number of piperidine rings is 1. The number of hydrogen-bond acceptors (Lipinski definition) is 7. The van der Waals surface area contributed by atoms with Gasteiger partial charge in [-0.05, 0) is 31.0 Å². The summed E-state index contributed by atoms with van der Waals surface area (Å²) in [6, 6.07) is 6.44. The summed E-state index contributed by atoms with van der Waals surface area (Å²) in [7, 11) is 0.412. The van der Waals surface area contributed by atoms with Crippen molar-refractivity contribution >= 4 is 28.5 Å². The second-order valence-corrected chi connectivity index (χ2v) is 10.7. The maximum absolute atomic E-state index is 13.8. The van der Waals surface area contributed by atoms with Crippen LogP contribution in [0, 0.1) is 11.3 Å². The average Bonchev–Trinajstić information content (AvgIpc) is 3.57. The fraction of sp³-hybridized carbons (Fsp3) is 0.292. The van der Waals surface area contributed by atoms with Gasteiger partial charge in [0.25, 0.3) is 0 Å². The molecule has 15 heteroatoms. The maximum atomic E-state index is 13.8. The molecule has 1 N–H and O–H groups in total. The van der Waals surface area contributed by atoms with E-state index in [-0.39, 0.29) is 28.4 Å². The molecular formula is C24H21ClF3N9OS. The Morgan fingerprint density at radius 1 is 1.15 bits per heavy atom. The Morgan fingerprint density at radius 3 is 2.56 bits per heavy atom. The van der Waals surface area contributed by atoms with Crippen molar-refractivity contribution in [2.45, 2.75) is 30.1 Å². The van der Waals surface area contributed by atoms with Crippen molar-refractivity contribution < 1.29 is 17.4 Å². The lowest BCUT2D eigenvalue weighted by Gasteiger charge is -2.30. The number of nitrogens with one attached hydrogen (secondary N) is 1. The van der Waals surface area contributed by atoms with Gasteiger partial charge in [0.2, 0.25) is 5.95 Å². The highest BCUT2D eigenvalue weighted by Crippen LogP contribution is 2.36. The molecule has 0 amide bonds. The number of aryl methyl sites for hydroxylation is 1. The molecule has 202 valence electrons. The van der Waals surface area contributed by atoms with Crippen LogP contribution in [0.5, 0.6) is 0 Å². The van der Waals surface area contributed by atoms with Crippen LogP contribution < -0.4 is 5.32 Å². The fourth-order valence-corrected chi connectivity index (χ4v) is 5.66. The summed E-state index contributed by atoms with van der Waals surface area (Å²) in [4.78, 5) is 16.4. The molecule has 0 saturated carbocycles. The SMILES string of the molecule is Cn1cnc(S(=O)N2CCC(Nc3ncc(C(F)(F)F)c(-c4cn(-c5ccc(C#N)cc5Cl)cn4)n3)CC2)c1. The molecular weight excluding hydrogens is 555 g/mol. The normalized spacial score (nSPS) is 15.7. The van der Waals surface area contributed by atoms with Gasteiger partial charge in [0.05, 0.1) is 28.7 Å². The van der Waals surface area contributed by atoms with Crippen LogP contribution in [-0.2, 0) is 24.2 Å². The van der Waals surface area contributed by atoms with Gasteiger partial charge in [0, 0.05) is 44.8 Å². The highest BCUT2D eigenvalue weighted by molar-refractivity contribution is 7.82. The van der Waals surface area contributed by atoms with Crippen molar-refractivity contribution in [1.29, 1.82) is 5.26 Å². The Hall–Kier alpha value is -3.80. The van der Waals surface area contributed by atoms with E-state index in [0.717, 1.165) is 6.20 Å². The lowest BCUT2D eigenvalue weighted by atomic mass is 10.1. The smallest absolute Gasteiger partial charge is 0.351 e. The summed E-state index contributed by atoms with van der Waals surface area (Å²) >= 11 is 6.26. The molecule has 4 heterocycles. The number of benzene rings is 1. The minimum absolute atomic E-state index is 0.0196. The molecule has 10 nitrogen and oxygen atoms in total. The van der Waals surface area contributed by atoms with Crippen molar-refractivity contribution in [2.24, 2.45) is 7.05 Å². The van der Waals surface area contributed by atoms with Crippen molar-refractivity contribution in [1.82, 2.24) is 33.4 Å². The van der Waals surface area contributed by atoms with Crippen LogP contribution in [0.2, 0.25) is 5.02 Å². The largest absolute Gasteiger partial charge is 0.420 e. The molecule has 1 aromatic carbocycles. The van der Waals surface area contributed by atoms with Crippen LogP contribution in [-0.4, -0.2) is 56.7 Å². The van der Waals surface area contributed by atoms with Crippen molar-refractivity contribution in [3.63, 3.8) is 0 Å². The molecule has 1 atom stereocenters. The second kappa shape index (κ2) is 10.8. The summed E-state index contributed by atoms with van der Waals surface area (Å²) in [5.41, 5.74) is -0.621. The standard InChI is InChI=1S/C24H21ClF3N9OS/c1-35-12-21(32-13-35)39(38)37-6-4-16(5-7-37)33-23-30-10-17(24(26,27)28)22(34-23)19-11-36(14-31-19)20-3-2-15(9-29)8-18(20)25/h2-3,8,10-14,16H,4-7H2,1H3,(H,30,33,34).